The number of rotatable bonds is 13. The molecule has 1 aliphatic heterocycles. The van der Waals surface area contributed by atoms with Crippen molar-refractivity contribution in [1.82, 2.24) is 15.5 Å². The highest BCUT2D eigenvalue weighted by molar-refractivity contribution is 6.03. The van der Waals surface area contributed by atoms with Gasteiger partial charge in [-0.15, -0.1) is 0 Å². The summed E-state index contributed by atoms with van der Waals surface area (Å²) in [5, 5.41) is 17.3. The van der Waals surface area contributed by atoms with Gasteiger partial charge in [0.25, 0.3) is 11.8 Å². The van der Waals surface area contributed by atoms with Gasteiger partial charge in [0, 0.05) is 49.0 Å². The van der Waals surface area contributed by atoms with Gasteiger partial charge in [0.05, 0.1) is 24.3 Å². The molecule has 1 fully saturated rings. The number of aliphatic hydroxyl groups is 1. The Balaban J connectivity index is 1.35. The fourth-order valence-corrected chi connectivity index (χ4v) is 5.96. The lowest BCUT2D eigenvalue weighted by Crippen LogP contribution is -2.50. The molecule has 5 rings (SSSR count). The third-order valence-corrected chi connectivity index (χ3v) is 8.58. The zero-order chi connectivity index (χ0) is 33.1. The number of hydrogen-bond donors (Lipinski definition) is 3. The fourth-order valence-electron chi connectivity index (χ4n) is 5.96. The van der Waals surface area contributed by atoms with Crippen molar-refractivity contribution in [3.05, 3.63) is 106 Å². The molecular weight excluding hydrogens is 609 g/mol. The van der Waals surface area contributed by atoms with Crippen molar-refractivity contribution in [2.24, 2.45) is 0 Å². The van der Waals surface area contributed by atoms with Gasteiger partial charge in [-0.1, -0.05) is 18.2 Å². The lowest BCUT2D eigenvalue weighted by molar-refractivity contribution is -0.137. The average Bonchev–Trinajstić information content (AvgIpc) is 3.81. The Morgan fingerprint density at radius 1 is 1.07 bits per heavy atom. The number of aliphatic hydroxyl groups excluding tert-OH is 1. The minimum absolute atomic E-state index is 0.126. The molecule has 1 aliphatic carbocycles. The first-order chi connectivity index (χ1) is 21.9. The van der Waals surface area contributed by atoms with Crippen LogP contribution in [0.4, 0.5) is 22.0 Å². The summed E-state index contributed by atoms with van der Waals surface area (Å²) in [5.41, 5.74) is 0.247. The quantitative estimate of drug-likeness (QED) is 0.180. The van der Waals surface area contributed by atoms with Crippen LogP contribution >= 0.6 is 0 Å². The van der Waals surface area contributed by atoms with Crippen LogP contribution in [0.5, 0.6) is 0 Å². The molecule has 46 heavy (non-hydrogen) atoms. The van der Waals surface area contributed by atoms with Crippen LogP contribution in [0.3, 0.4) is 0 Å². The summed E-state index contributed by atoms with van der Waals surface area (Å²) in [7, 11) is 0. The number of alkyl halides is 3. The molecule has 2 aliphatic rings. The number of ether oxygens (including phenoxy) is 1. The third kappa shape index (κ3) is 7.73. The second-order valence-corrected chi connectivity index (χ2v) is 11.7. The van der Waals surface area contributed by atoms with Crippen LogP contribution in [0.15, 0.2) is 60.7 Å². The minimum Gasteiger partial charge on any atom is -0.390 e. The molecule has 3 aromatic carbocycles. The number of benzene rings is 3. The van der Waals surface area contributed by atoms with Crippen molar-refractivity contribution in [3.63, 3.8) is 0 Å². The van der Waals surface area contributed by atoms with Gasteiger partial charge >= 0.3 is 6.18 Å². The van der Waals surface area contributed by atoms with E-state index in [9.17, 15) is 36.6 Å². The van der Waals surface area contributed by atoms with Gasteiger partial charge < -0.3 is 25.4 Å². The summed E-state index contributed by atoms with van der Waals surface area (Å²) in [4.78, 5) is 28.5. The van der Waals surface area contributed by atoms with Crippen LogP contribution in [-0.4, -0.2) is 66.8 Å². The zero-order valence-corrected chi connectivity index (χ0v) is 25.3. The number of carbonyl (C=O) groups is 2. The molecule has 7 nitrogen and oxygen atoms in total. The average molecular weight is 646 g/mol. The van der Waals surface area contributed by atoms with E-state index < -0.39 is 47.0 Å². The molecule has 0 radical (unpaired) electrons. The standard InChI is InChI=1S/C34H36F5N3O4/c1-2-46-14-13-42-12-9-26-27(7-4-8-28(26)32(42)45)31(44)41-29(17-21-15-24(35)19-25(36)16-21)30(43)20-40-33(10-11-33)22-5-3-6-23(18-22)34(37,38)39/h3-8,15-16,18-19,29-30,40,43H,2,9-14,17,20H2,1H3,(H,41,44)/t29-,30-/m0/s1. The van der Waals surface area contributed by atoms with Crippen LogP contribution in [0, 0.1) is 11.6 Å². The summed E-state index contributed by atoms with van der Waals surface area (Å²) < 4.78 is 73.5. The predicted octanol–water partition coefficient (Wildman–Crippen LogP) is 5.00. The largest absolute Gasteiger partial charge is 0.416 e. The Labute approximate surface area is 263 Å². The SMILES string of the molecule is CCOCCN1CCc2c(C(=O)N[C@@H](Cc3cc(F)cc(F)c3)[C@@H](O)CNC3(c4cccc(C(F)(F)F)c4)CC3)cccc2C1=O. The van der Waals surface area contributed by atoms with Crippen LogP contribution in [0.2, 0.25) is 0 Å². The molecular formula is C34H36F5N3O4. The maximum atomic E-state index is 14.1. The van der Waals surface area contributed by atoms with Crippen LogP contribution in [-0.2, 0) is 29.3 Å². The first-order valence-electron chi connectivity index (χ1n) is 15.3. The van der Waals surface area contributed by atoms with Gasteiger partial charge in [0.2, 0.25) is 0 Å². The Kier molecular flexibility index (Phi) is 10.1. The van der Waals surface area contributed by atoms with Gasteiger partial charge in [-0.2, -0.15) is 13.2 Å². The minimum atomic E-state index is -4.51. The summed E-state index contributed by atoms with van der Waals surface area (Å²) >= 11 is 0. The van der Waals surface area contributed by atoms with Gasteiger partial charge in [0.1, 0.15) is 11.6 Å². The first kappa shape index (κ1) is 33.5. The molecule has 3 N–H and O–H groups in total. The van der Waals surface area contributed by atoms with E-state index in [4.69, 9.17) is 4.74 Å². The van der Waals surface area contributed by atoms with Crippen molar-refractivity contribution in [2.45, 2.75) is 56.5 Å². The number of fused-ring (bicyclic) bond motifs is 1. The van der Waals surface area contributed by atoms with E-state index in [0.717, 1.165) is 24.3 Å². The Morgan fingerprint density at radius 2 is 1.78 bits per heavy atom. The van der Waals surface area contributed by atoms with Crippen molar-refractivity contribution >= 4 is 11.8 Å². The van der Waals surface area contributed by atoms with Gasteiger partial charge in [-0.25, -0.2) is 8.78 Å². The molecule has 12 heteroatoms. The number of hydrogen-bond acceptors (Lipinski definition) is 5. The van der Waals surface area contributed by atoms with E-state index in [-0.39, 0.29) is 30.0 Å². The summed E-state index contributed by atoms with van der Waals surface area (Å²) in [6, 6.07) is 11.7. The summed E-state index contributed by atoms with van der Waals surface area (Å²) in [6.07, 6.45) is -4.45. The second kappa shape index (κ2) is 13.9. The molecule has 0 bridgehead atoms. The van der Waals surface area contributed by atoms with Crippen molar-refractivity contribution in [2.75, 3.05) is 32.8 Å². The number of nitrogens with one attached hydrogen (secondary N) is 2. The number of amides is 2. The van der Waals surface area contributed by atoms with Gasteiger partial charge in [0.15, 0.2) is 0 Å². The van der Waals surface area contributed by atoms with E-state index in [0.29, 0.717) is 68.3 Å². The zero-order valence-electron chi connectivity index (χ0n) is 25.3. The number of carbonyl (C=O) groups excluding carboxylic acids is 2. The van der Waals surface area contributed by atoms with Crippen molar-refractivity contribution < 1.29 is 41.4 Å². The smallest absolute Gasteiger partial charge is 0.390 e. The molecule has 0 unspecified atom stereocenters. The van der Waals surface area contributed by atoms with E-state index in [1.54, 1.807) is 29.2 Å². The predicted molar refractivity (Wildman–Crippen MR) is 160 cm³/mol. The van der Waals surface area contributed by atoms with E-state index in [2.05, 4.69) is 10.6 Å². The lowest BCUT2D eigenvalue weighted by Gasteiger charge is -2.30. The Bertz CT molecular complexity index is 1560. The first-order valence-corrected chi connectivity index (χ1v) is 15.3. The van der Waals surface area contributed by atoms with Crippen molar-refractivity contribution in [3.8, 4) is 0 Å². The lowest BCUT2D eigenvalue weighted by atomic mass is 9.92. The molecule has 0 saturated heterocycles. The summed E-state index contributed by atoms with van der Waals surface area (Å²) in [5.74, 6) is -2.44. The monoisotopic (exact) mass is 645 g/mol. The van der Waals surface area contributed by atoms with Gasteiger partial charge in [-0.3, -0.25) is 9.59 Å². The molecule has 1 heterocycles. The molecule has 246 valence electrons. The van der Waals surface area contributed by atoms with Crippen LogP contribution in [0.1, 0.15) is 62.7 Å². The maximum Gasteiger partial charge on any atom is 0.416 e. The molecule has 0 spiro atoms. The van der Waals surface area contributed by atoms with Crippen molar-refractivity contribution in [1.29, 1.82) is 0 Å². The Hall–Kier alpha value is -3.87. The number of nitrogens with zero attached hydrogens (tertiary/aromatic N) is 1. The molecule has 3 aromatic rings. The highest BCUT2D eigenvalue weighted by Crippen LogP contribution is 2.46. The molecule has 2 amide bonds. The van der Waals surface area contributed by atoms with E-state index in [1.807, 2.05) is 6.92 Å². The van der Waals surface area contributed by atoms with Crippen LogP contribution < -0.4 is 10.6 Å². The third-order valence-electron chi connectivity index (χ3n) is 8.58. The highest BCUT2D eigenvalue weighted by atomic mass is 19.4. The molecule has 1 saturated carbocycles. The molecule has 0 aromatic heterocycles. The second-order valence-electron chi connectivity index (χ2n) is 11.7. The van der Waals surface area contributed by atoms with E-state index in [1.165, 1.54) is 6.07 Å². The normalized spacial score (nSPS) is 16.9. The maximum absolute atomic E-state index is 14.1. The fraction of sp³-hybridized carbons (Fsp3) is 0.412. The Morgan fingerprint density at radius 3 is 2.46 bits per heavy atom. The molecule has 2 atom stereocenters. The van der Waals surface area contributed by atoms with Crippen LogP contribution in [0.25, 0.3) is 0 Å². The highest BCUT2D eigenvalue weighted by Gasteiger charge is 2.45. The van der Waals surface area contributed by atoms with E-state index >= 15 is 0 Å². The summed E-state index contributed by atoms with van der Waals surface area (Å²) in [6.45, 7) is 3.46. The topological polar surface area (TPSA) is 90.9 Å². The number of halogens is 5. The van der Waals surface area contributed by atoms with Gasteiger partial charge in [-0.05, 0) is 85.7 Å².